The van der Waals surface area contributed by atoms with Gasteiger partial charge in [0.15, 0.2) is 0 Å². The van der Waals surface area contributed by atoms with Crippen LogP contribution in [0.2, 0.25) is 0 Å². The fourth-order valence-electron chi connectivity index (χ4n) is 2.56. The average Bonchev–Trinajstić information content (AvgIpc) is 2.38. The van der Waals surface area contributed by atoms with E-state index >= 15 is 0 Å². The quantitative estimate of drug-likeness (QED) is 0.727. The molecule has 6 nitrogen and oxygen atoms in total. The van der Waals surface area contributed by atoms with Crippen molar-refractivity contribution in [3.63, 3.8) is 0 Å². The van der Waals surface area contributed by atoms with Crippen LogP contribution in [0, 0.1) is 0 Å². The standard InChI is InChI=1S/C10H17O6P/c1-7-8-9(14-2)10(16-7,3-5-15-8)4-6-17(11,12)13/h4,6-9H,3,5H2,1-2H3,(H2,11,12,13)/b6-4+/t7-,8?,9+,10+/m0/s1. The molecule has 4 atom stereocenters. The Balaban J connectivity index is 2.28. The summed E-state index contributed by atoms with van der Waals surface area (Å²) in [4.78, 5) is 17.8. The van der Waals surface area contributed by atoms with E-state index < -0.39 is 13.2 Å². The molecule has 0 radical (unpaired) electrons. The van der Waals surface area contributed by atoms with Crippen molar-refractivity contribution in [2.24, 2.45) is 0 Å². The molecule has 98 valence electrons. The van der Waals surface area contributed by atoms with Gasteiger partial charge < -0.3 is 24.0 Å². The maximum absolute atomic E-state index is 10.9. The first-order valence-corrected chi connectivity index (χ1v) is 7.14. The molecule has 1 unspecified atom stereocenters. The monoisotopic (exact) mass is 264 g/mol. The summed E-state index contributed by atoms with van der Waals surface area (Å²) in [5.74, 6) is 0.888. The molecule has 0 amide bonds. The Bertz CT molecular complexity index is 364. The normalized spacial score (nSPS) is 42.2. The fraction of sp³-hybridized carbons (Fsp3) is 0.800. The molecule has 17 heavy (non-hydrogen) atoms. The number of fused-ring (bicyclic) bond motifs is 2. The highest BCUT2D eigenvalue weighted by Crippen LogP contribution is 2.45. The van der Waals surface area contributed by atoms with Gasteiger partial charge in [-0.05, 0) is 13.0 Å². The Morgan fingerprint density at radius 3 is 2.82 bits per heavy atom. The summed E-state index contributed by atoms with van der Waals surface area (Å²) in [6.07, 6.45) is 1.30. The molecule has 0 aromatic heterocycles. The zero-order valence-corrected chi connectivity index (χ0v) is 10.7. The van der Waals surface area contributed by atoms with E-state index in [4.69, 9.17) is 24.0 Å². The predicted octanol–water partition coefficient (Wildman–Crippen LogP) is 0.639. The first-order valence-electron chi connectivity index (χ1n) is 5.46. The topological polar surface area (TPSA) is 85.2 Å². The van der Waals surface area contributed by atoms with E-state index in [-0.39, 0.29) is 18.3 Å². The van der Waals surface area contributed by atoms with Crippen LogP contribution in [0.4, 0.5) is 0 Å². The summed E-state index contributed by atoms with van der Waals surface area (Å²) < 4.78 is 27.6. The second-order valence-electron chi connectivity index (χ2n) is 4.42. The lowest BCUT2D eigenvalue weighted by molar-refractivity contribution is -0.110. The number of ether oxygens (including phenoxy) is 3. The molecular weight excluding hydrogens is 247 g/mol. The van der Waals surface area contributed by atoms with Gasteiger partial charge in [0.1, 0.15) is 17.8 Å². The molecule has 2 heterocycles. The second kappa shape index (κ2) is 4.46. The van der Waals surface area contributed by atoms with Crippen molar-refractivity contribution in [2.75, 3.05) is 13.7 Å². The van der Waals surface area contributed by atoms with Crippen LogP contribution in [0.25, 0.3) is 0 Å². The molecular formula is C10H17O6P. The highest BCUT2D eigenvalue weighted by Gasteiger charge is 2.56. The molecule has 2 saturated heterocycles. The first kappa shape index (κ1) is 13.2. The molecule has 0 saturated carbocycles. The van der Waals surface area contributed by atoms with E-state index in [2.05, 4.69) is 0 Å². The number of hydrogen-bond acceptors (Lipinski definition) is 4. The molecule has 2 aliphatic heterocycles. The van der Waals surface area contributed by atoms with Gasteiger partial charge in [-0.3, -0.25) is 4.57 Å². The Hall–Kier alpha value is -0.230. The van der Waals surface area contributed by atoms with Gasteiger partial charge in [-0.15, -0.1) is 0 Å². The molecule has 7 heteroatoms. The third-order valence-corrected chi connectivity index (χ3v) is 3.79. The first-order chi connectivity index (χ1) is 7.88. The van der Waals surface area contributed by atoms with Crippen LogP contribution in [-0.2, 0) is 18.8 Å². The SMILES string of the molecule is CO[C@@H]1C2OCC[C@]1(/C=C/P(=O)(O)O)O[C@H]2C. The number of rotatable bonds is 3. The minimum Gasteiger partial charge on any atom is -0.375 e. The van der Waals surface area contributed by atoms with E-state index in [0.717, 1.165) is 5.82 Å². The van der Waals surface area contributed by atoms with Crippen molar-refractivity contribution in [1.82, 2.24) is 0 Å². The van der Waals surface area contributed by atoms with Crippen molar-refractivity contribution in [2.45, 2.75) is 37.3 Å². The van der Waals surface area contributed by atoms with E-state index in [9.17, 15) is 4.57 Å². The van der Waals surface area contributed by atoms with Gasteiger partial charge in [0.2, 0.25) is 0 Å². The van der Waals surface area contributed by atoms with Crippen molar-refractivity contribution in [3.8, 4) is 0 Å². The van der Waals surface area contributed by atoms with Gasteiger partial charge >= 0.3 is 7.60 Å². The van der Waals surface area contributed by atoms with Gasteiger partial charge in [0.05, 0.1) is 12.7 Å². The summed E-state index contributed by atoms with van der Waals surface area (Å²) in [5.41, 5.74) is -0.780. The van der Waals surface area contributed by atoms with Crippen molar-refractivity contribution < 1.29 is 28.6 Å². The molecule has 0 aliphatic carbocycles. The van der Waals surface area contributed by atoms with Gasteiger partial charge in [0, 0.05) is 19.3 Å². The minimum absolute atomic E-state index is 0.149. The summed E-state index contributed by atoms with van der Waals surface area (Å²) in [5, 5.41) is 0. The van der Waals surface area contributed by atoms with Crippen LogP contribution in [0.15, 0.2) is 11.9 Å². The van der Waals surface area contributed by atoms with Crippen molar-refractivity contribution in [3.05, 3.63) is 11.9 Å². The lowest BCUT2D eigenvalue weighted by atomic mass is 9.89. The molecule has 2 aliphatic rings. The van der Waals surface area contributed by atoms with E-state index in [1.54, 1.807) is 7.11 Å². The lowest BCUT2D eigenvalue weighted by Gasteiger charge is -2.35. The van der Waals surface area contributed by atoms with Crippen molar-refractivity contribution in [1.29, 1.82) is 0 Å². The summed E-state index contributed by atoms with van der Waals surface area (Å²) in [6, 6.07) is 0. The largest absolute Gasteiger partial charge is 0.375 e. The Morgan fingerprint density at radius 2 is 2.24 bits per heavy atom. The molecule has 2 fully saturated rings. The molecule has 2 N–H and O–H groups in total. The van der Waals surface area contributed by atoms with E-state index in [0.29, 0.717) is 13.0 Å². The third kappa shape index (κ3) is 2.47. The summed E-state index contributed by atoms with van der Waals surface area (Å²) in [6.45, 7) is 2.37. The third-order valence-electron chi connectivity index (χ3n) is 3.26. The molecule has 0 spiro atoms. The molecule has 2 bridgehead atoms. The van der Waals surface area contributed by atoms with Crippen LogP contribution in [0.1, 0.15) is 13.3 Å². The smallest absolute Gasteiger partial charge is 0.348 e. The molecule has 0 aromatic carbocycles. The zero-order chi connectivity index (χ0) is 12.7. The van der Waals surface area contributed by atoms with Gasteiger partial charge in [-0.25, -0.2) is 0 Å². The van der Waals surface area contributed by atoms with Crippen LogP contribution in [0.5, 0.6) is 0 Å². The predicted molar refractivity (Wildman–Crippen MR) is 59.6 cm³/mol. The van der Waals surface area contributed by atoms with Crippen LogP contribution in [-0.4, -0.2) is 47.4 Å². The lowest BCUT2D eigenvalue weighted by Crippen LogP contribution is -2.48. The Kier molecular flexibility index (Phi) is 3.47. The molecule has 0 aromatic rings. The fourth-order valence-corrected chi connectivity index (χ4v) is 3.00. The van der Waals surface area contributed by atoms with Crippen LogP contribution >= 0.6 is 7.60 Å². The minimum atomic E-state index is -4.18. The highest BCUT2D eigenvalue weighted by atomic mass is 31.2. The highest BCUT2D eigenvalue weighted by molar-refractivity contribution is 7.55. The Labute approximate surface area is 99.7 Å². The second-order valence-corrected chi connectivity index (χ2v) is 5.90. The number of methoxy groups -OCH3 is 1. The van der Waals surface area contributed by atoms with E-state index in [1.165, 1.54) is 6.08 Å². The number of hydrogen-bond donors (Lipinski definition) is 2. The van der Waals surface area contributed by atoms with Crippen molar-refractivity contribution >= 4 is 7.60 Å². The maximum Gasteiger partial charge on any atom is 0.348 e. The molecule has 2 rings (SSSR count). The average molecular weight is 264 g/mol. The van der Waals surface area contributed by atoms with E-state index in [1.807, 2.05) is 6.92 Å². The maximum atomic E-state index is 10.9. The zero-order valence-electron chi connectivity index (χ0n) is 9.78. The van der Waals surface area contributed by atoms with Crippen LogP contribution < -0.4 is 0 Å². The Morgan fingerprint density at radius 1 is 1.53 bits per heavy atom. The van der Waals surface area contributed by atoms with Gasteiger partial charge in [0.25, 0.3) is 0 Å². The summed E-state index contributed by atoms with van der Waals surface area (Å²) >= 11 is 0. The van der Waals surface area contributed by atoms with Gasteiger partial charge in [-0.1, -0.05) is 0 Å². The van der Waals surface area contributed by atoms with Gasteiger partial charge in [-0.2, -0.15) is 0 Å². The summed E-state index contributed by atoms with van der Waals surface area (Å²) in [7, 11) is -2.63. The van der Waals surface area contributed by atoms with Crippen LogP contribution in [0.3, 0.4) is 0 Å².